The second-order valence-electron chi connectivity index (χ2n) is 7.93. The maximum absolute atomic E-state index is 13.2. The lowest BCUT2D eigenvalue weighted by Crippen LogP contribution is -2.50. The summed E-state index contributed by atoms with van der Waals surface area (Å²) in [5, 5.41) is 5.31. The van der Waals surface area contributed by atoms with E-state index in [-0.39, 0.29) is 18.4 Å². The molecule has 178 valence electrons. The summed E-state index contributed by atoms with van der Waals surface area (Å²) in [4.78, 5) is 29.3. The van der Waals surface area contributed by atoms with Crippen molar-refractivity contribution in [2.45, 2.75) is 6.04 Å². The highest BCUT2D eigenvalue weighted by Crippen LogP contribution is 2.24. The molecule has 2 amide bonds. The van der Waals surface area contributed by atoms with E-state index < -0.39 is 11.8 Å². The fourth-order valence-electron chi connectivity index (χ4n) is 3.99. The van der Waals surface area contributed by atoms with E-state index in [9.17, 15) is 14.0 Å². The fraction of sp³-hybridized carbons (Fsp3) is 0.280. The predicted octanol–water partition coefficient (Wildman–Crippen LogP) is 3.05. The van der Waals surface area contributed by atoms with Crippen molar-refractivity contribution in [3.05, 3.63) is 78.5 Å². The van der Waals surface area contributed by atoms with Crippen molar-refractivity contribution < 1.29 is 23.1 Å². The van der Waals surface area contributed by atoms with Crippen LogP contribution in [0.15, 0.2) is 71.3 Å². The van der Waals surface area contributed by atoms with Gasteiger partial charge in [0.2, 0.25) is 0 Å². The zero-order chi connectivity index (χ0) is 23.9. The Balaban J connectivity index is 1.35. The molecule has 0 radical (unpaired) electrons. The van der Waals surface area contributed by atoms with Crippen molar-refractivity contribution in [1.82, 2.24) is 10.2 Å². The number of halogens is 1. The number of benzene rings is 2. The average molecular weight is 467 g/mol. The van der Waals surface area contributed by atoms with Gasteiger partial charge in [-0.05, 0) is 48.5 Å². The topological polar surface area (TPSA) is 87.0 Å². The van der Waals surface area contributed by atoms with E-state index in [1.54, 1.807) is 48.7 Å². The molecular formula is C25H27FN4O4. The minimum absolute atomic E-state index is 0.217. The molecule has 3 aromatic rings. The molecule has 1 saturated heterocycles. The number of hydrogen-bond donors (Lipinski definition) is 2. The minimum Gasteiger partial charge on any atom is -0.497 e. The van der Waals surface area contributed by atoms with Gasteiger partial charge in [0, 0.05) is 50.2 Å². The summed E-state index contributed by atoms with van der Waals surface area (Å²) in [6.07, 6.45) is 1.59. The summed E-state index contributed by atoms with van der Waals surface area (Å²) in [5.41, 5.74) is 1.44. The van der Waals surface area contributed by atoms with Gasteiger partial charge in [-0.3, -0.25) is 14.5 Å². The highest BCUT2D eigenvalue weighted by molar-refractivity contribution is 6.39. The van der Waals surface area contributed by atoms with Crippen LogP contribution in [0, 0.1) is 5.82 Å². The van der Waals surface area contributed by atoms with Gasteiger partial charge in [-0.1, -0.05) is 6.07 Å². The maximum atomic E-state index is 13.2. The highest BCUT2D eigenvalue weighted by atomic mass is 19.1. The summed E-state index contributed by atoms with van der Waals surface area (Å²) >= 11 is 0. The van der Waals surface area contributed by atoms with E-state index in [0.29, 0.717) is 30.3 Å². The molecule has 2 heterocycles. The lowest BCUT2D eigenvalue weighted by atomic mass is 10.1. The third kappa shape index (κ3) is 5.74. The molecule has 1 atom stereocenters. The molecule has 1 aromatic heterocycles. The van der Waals surface area contributed by atoms with Crippen molar-refractivity contribution in [1.29, 1.82) is 0 Å². The van der Waals surface area contributed by atoms with Crippen LogP contribution in [0.3, 0.4) is 0 Å². The molecule has 0 aliphatic carbocycles. The molecule has 2 aromatic carbocycles. The highest BCUT2D eigenvalue weighted by Gasteiger charge is 2.28. The number of nitrogens with zero attached hydrogens (tertiary/aromatic N) is 2. The Morgan fingerprint density at radius 3 is 2.47 bits per heavy atom. The Bertz CT molecular complexity index is 1100. The smallest absolute Gasteiger partial charge is 0.313 e. The van der Waals surface area contributed by atoms with Crippen LogP contribution in [0.4, 0.5) is 15.8 Å². The van der Waals surface area contributed by atoms with Crippen LogP contribution >= 0.6 is 0 Å². The van der Waals surface area contributed by atoms with Crippen molar-refractivity contribution in [2.24, 2.45) is 0 Å². The summed E-state index contributed by atoms with van der Waals surface area (Å²) in [6, 6.07) is 16.7. The Kier molecular flexibility index (Phi) is 7.44. The maximum Gasteiger partial charge on any atom is 0.313 e. The van der Waals surface area contributed by atoms with Crippen LogP contribution in [0.1, 0.15) is 11.8 Å². The number of furan rings is 1. The standard InChI is InChI=1S/C25H27FN4O4/c1-33-21-5-2-4-19(16-21)28-25(32)24(31)27-17-22(23-6-3-15-34-23)30-13-11-29(12-14-30)20-9-7-18(26)8-10-20/h2-10,15-16,22H,11-14,17H2,1H3,(H,27,31)(H,28,32). The zero-order valence-electron chi connectivity index (χ0n) is 18.9. The van der Waals surface area contributed by atoms with Gasteiger partial charge in [0.05, 0.1) is 19.4 Å². The molecule has 2 N–H and O–H groups in total. The van der Waals surface area contributed by atoms with Gasteiger partial charge in [0.25, 0.3) is 0 Å². The number of anilines is 2. The third-order valence-electron chi connectivity index (χ3n) is 5.81. The zero-order valence-corrected chi connectivity index (χ0v) is 18.9. The van der Waals surface area contributed by atoms with Crippen LogP contribution in [0.2, 0.25) is 0 Å². The first-order chi connectivity index (χ1) is 16.5. The average Bonchev–Trinajstić information content (AvgIpc) is 3.40. The first-order valence-corrected chi connectivity index (χ1v) is 11.0. The lowest BCUT2D eigenvalue weighted by molar-refractivity contribution is -0.136. The summed E-state index contributed by atoms with van der Waals surface area (Å²) < 4.78 is 24.0. The van der Waals surface area contributed by atoms with Gasteiger partial charge in [-0.15, -0.1) is 0 Å². The summed E-state index contributed by atoms with van der Waals surface area (Å²) in [5.74, 6) is -0.456. The van der Waals surface area contributed by atoms with E-state index in [2.05, 4.69) is 20.4 Å². The molecule has 4 rings (SSSR count). The number of rotatable bonds is 7. The molecule has 34 heavy (non-hydrogen) atoms. The number of amides is 2. The van der Waals surface area contributed by atoms with Crippen LogP contribution in [0.5, 0.6) is 5.75 Å². The molecule has 1 aliphatic rings. The largest absolute Gasteiger partial charge is 0.497 e. The molecule has 0 spiro atoms. The Hall–Kier alpha value is -3.85. The normalized spacial score (nSPS) is 14.9. The Morgan fingerprint density at radius 2 is 1.79 bits per heavy atom. The Morgan fingerprint density at radius 1 is 1.03 bits per heavy atom. The number of hydrogen-bond acceptors (Lipinski definition) is 6. The second kappa shape index (κ2) is 10.8. The van der Waals surface area contributed by atoms with Crippen molar-refractivity contribution in [3.8, 4) is 5.75 Å². The predicted molar refractivity (Wildman–Crippen MR) is 126 cm³/mol. The summed E-state index contributed by atoms with van der Waals surface area (Å²) in [7, 11) is 1.53. The van der Waals surface area contributed by atoms with Crippen molar-refractivity contribution in [2.75, 3.05) is 50.1 Å². The number of carbonyl (C=O) groups is 2. The van der Waals surface area contributed by atoms with E-state index >= 15 is 0 Å². The first-order valence-electron chi connectivity index (χ1n) is 11.0. The van der Waals surface area contributed by atoms with E-state index in [1.165, 1.54) is 19.2 Å². The quantitative estimate of drug-likeness (QED) is 0.521. The number of nitrogens with one attached hydrogen (secondary N) is 2. The molecule has 0 saturated carbocycles. The Labute approximate surface area is 197 Å². The number of methoxy groups -OCH3 is 1. The van der Waals surface area contributed by atoms with Crippen LogP contribution in [0.25, 0.3) is 0 Å². The molecule has 1 aliphatic heterocycles. The van der Waals surface area contributed by atoms with E-state index in [0.717, 1.165) is 18.8 Å². The third-order valence-corrected chi connectivity index (χ3v) is 5.81. The van der Waals surface area contributed by atoms with Gasteiger partial charge in [0.1, 0.15) is 17.3 Å². The molecule has 1 unspecified atom stereocenters. The van der Waals surface area contributed by atoms with E-state index in [4.69, 9.17) is 9.15 Å². The molecule has 9 heteroatoms. The second-order valence-corrected chi connectivity index (χ2v) is 7.93. The molecular weight excluding hydrogens is 439 g/mol. The summed E-state index contributed by atoms with van der Waals surface area (Å²) in [6.45, 7) is 3.14. The first kappa shape index (κ1) is 23.3. The van der Waals surface area contributed by atoms with E-state index in [1.807, 2.05) is 6.07 Å². The van der Waals surface area contributed by atoms with Crippen molar-refractivity contribution >= 4 is 23.2 Å². The van der Waals surface area contributed by atoms with Crippen LogP contribution in [-0.2, 0) is 9.59 Å². The number of piperazine rings is 1. The van der Waals surface area contributed by atoms with Crippen LogP contribution in [-0.4, -0.2) is 56.5 Å². The van der Waals surface area contributed by atoms with Gasteiger partial charge < -0.3 is 24.7 Å². The van der Waals surface area contributed by atoms with Crippen LogP contribution < -0.4 is 20.3 Å². The number of carbonyl (C=O) groups excluding carboxylic acids is 2. The minimum atomic E-state index is -0.757. The van der Waals surface area contributed by atoms with Gasteiger partial charge >= 0.3 is 11.8 Å². The SMILES string of the molecule is COc1cccc(NC(=O)C(=O)NCC(c2ccco2)N2CCN(c3ccc(F)cc3)CC2)c1. The molecule has 8 nitrogen and oxygen atoms in total. The number of ether oxygens (including phenoxy) is 1. The van der Waals surface area contributed by atoms with Gasteiger partial charge in [-0.2, -0.15) is 0 Å². The molecule has 1 fully saturated rings. The van der Waals surface area contributed by atoms with Gasteiger partial charge in [0.15, 0.2) is 0 Å². The lowest BCUT2D eigenvalue weighted by Gasteiger charge is -2.39. The monoisotopic (exact) mass is 466 g/mol. The molecule has 0 bridgehead atoms. The van der Waals surface area contributed by atoms with Crippen molar-refractivity contribution in [3.63, 3.8) is 0 Å². The van der Waals surface area contributed by atoms with Gasteiger partial charge in [-0.25, -0.2) is 4.39 Å². The fourth-order valence-corrected chi connectivity index (χ4v) is 3.99.